The Morgan fingerprint density at radius 3 is 2.95 bits per heavy atom. The molecule has 3 aromatic rings. The molecular weight excluding hydrogens is 270 g/mol. The fraction of sp³-hybridized carbons (Fsp3) is 0.357. The van der Waals surface area contributed by atoms with Crippen LogP contribution in [0.3, 0.4) is 0 Å². The average molecular weight is 287 g/mol. The first kappa shape index (κ1) is 13.4. The van der Waals surface area contributed by atoms with E-state index >= 15 is 0 Å². The summed E-state index contributed by atoms with van der Waals surface area (Å²) in [5.74, 6) is 1.84. The number of hydrogen-bond donors (Lipinski definition) is 1. The van der Waals surface area contributed by atoms with E-state index in [0.29, 0.717) is 24.7 Å². The van der Waals surface area contributed by atoms with E-state index in [4.69, 9.17) is 15.0 Å². The fourth-order valence-corrected chi connectivity index (χ4v) is 2.24. The number of rotatable bonds is 5. The van der Waals surface area contributed by atoms with Gasteiger partial charge in [-0.05, 0) is 26.0 Å². The van der Waals surface area contributed by atoms with Crippen molar-refractivity contribution < 1.29 is 9.26 Å². The van der Waals surface area contributed by atoms with Crippen molar-refractivity contribution in [2.75, 3.05) is 5.73 Å². The van der Waals surface area contributed by atoms with Crippen LogP contribution in [-0.2, 0) is 13.0 Å². The minimum absolute atomic E-state index is 0.0845. The van der Waals surface area contributed by atoms with Crippen LogP contribution in [0.1, 0.15) is 19.7 Å². The smallest absolute Gasteiger partial charge is 0.213 e. The summed E-state index contributed by atoms with van der Waals surface area (Å²) >= 11 is 0. The van der Waals surface area contributed by atoms with E-state index in [1.165, 1.54) is 6.39 Å². The van der Waals surface area contributed by atoms with E-state index in [1.807, 2.05) is 36.6 Å². The highest BCUT2D eigenvalue weighted by Crippen LogP contribution is 2.27. The zero-order valence-corrected chi connectivity index (χ0v) is 12.0. The molecule has 0 aliphatic rings. The van der Waals surface area contributed by atoms with Crippen molar-refractivity contribution >= 4 is 17.0 Å². The Labute approximate surface area is 121 Å². The minimum atomic E-state index is 0.0845. The molecule has 0 aliphatic carbocycles. The molecule has 0 saturated carbocycles. The second-order valence-corrected chi connectivity index (χ2v) is 5.01. The molecule has 7 heteroatoms. The zero-order chi connectivity index (χ0) is 14.8. The van der Waals surface area contributed by atoms with Crippen LogP contribution in [0.5, 0.6) is 5.75 Å². The molecule has 21 heavy (non-hydrogen) atoms. The largest absolute Gasteiger partial charge is 0.489 e. The normalized spacial score (nSPS) is 11.4. The van der Waals surface area contributed by atoms with Gasteiger partial charge in [-0.1, -0.05) is 11.2 Å². The Morgan fingerprint density at radius 2 is 2.24 bits per heavy atom. The molecular formula is C14H17N5O2. The third-order valence-corrected chi connectivity index (χ3v) is 3.10. The van der Waals surface area contributed by atoms with Gasteiger partial charge >= 0.3 is 0 Å². The third kappa shape index (κ3) is 2.67. The first-order valence-electron chi connectivity index (χ1n) is 6.82. The van der Waals surface area contributed by atoms with Gasteiger partial charge in [-0.25, -0.2) is 4.98 Å². The van der Waals surface area contributed by atoms with Crippen LogP contribution in [0.4, 0.5) is 5.95 Å². The number of ether oxygens (including phenoxy) is 1. The lowest BCUT2D eigenvalue weighted by Gasteiger charge is -2.10. The van der Waals surface area contributed by atoms with Gasteiger partial charge in [0, 0.05) is 13.0 Å². The number of aryl methyl sites for hydroxylation is 2. The first-order chi connectivity index (χ1) is 10.1. The van der Waals surface area contributed by atoms with Crippen molar-refractivity contribution in [2.45, 2.75) is 32.9 Å². The molecule has 0 amide bonds. The zero-order valence-electron chi connectivity index (χ0n) is 12.0. The fourth-order valence-electron chi connectivity index (χ4n) is 2.24. The molecule has 1 aromatic carbocycles. The maximum Gasteiger partial charge on any atom is 0.213 e. The summed E-state index contributed by atoms with van der Waals surface area (Å²) < 4.78 is 12.4. The molecule has 0 aliphatic heterocycles. The Kier molecular flexibility index (Phi) is 3.47. The Morgan fingerprint density at radius 1 is 1.38 bits per heavy atom. The summed E-state index contributed by atoms with van der Waals surface area (Å²) in [6.45, 7) is 4.60. The van der Waals surface area contributed by atoms with Crippen molar-refractivity contribution in [1.29, 1.82) is 0 Å². The van der Waals surface area contributed by atoms with Gasteiger partial charge in [-0.3, -0.25) is 0 Å². The highest BCUT2D eigenvalue weighted by atomic mass is 16.5. The van der Waals surface area contributed by atoms with Crippen LogP contribution in [0.2, 0.25) is 0 Å². The van der Waals surface area contributed by atoms with Gasteiger partial charge in [0.1, 0.15) is 11.3 Å². The number of benzene rings is 1. The van der Waals surface area contributed by atoms with Crippen molar-refractivity contribution in [3.05, 3.63) is 30.4 Å². The number of anilines is 1. The van der Waals surface area contributed by atoms with Gasteiger partial charge in [0.05, 0.1) is 11.6 Å². The number of imidazole rings is 1. The predicted molar refractivity (Wildman–Crippen MR) is 77.9 cm³/mol. The number of nitrogens with two attached hydrogens (primary N) is 1. The number of nitrogens with zero attached hydrogens (tertiary/aromatic N) is 4. The Bertz CT molecular complexity index is 733. The van der Waals surface area contributed by atoms with Gasteiger partial charge in [0.15, 0.2) is 5.82 Å². The first-order valence-corrected chi connectivity index (χ1v) is 6.82. The molecule has 3 rings (SSSR count). The van der Waals surface area contributed by atoms with Crippen molar-refractivity contribution in [1.82, 2.24) is 19.7 Å². The molecule has 2 heterocycles. The molecule has 0 unspecified atom stereocenters. The SMILES string of the molecule is CC(C)Oc1cccc2c1nc(N)n2CCc1ncon1. The summed E-state index contributed by atoms with van der Waals surface area (Å²) in [6.07, 6.45) is 2.03. The lowest BCUT2D eigenvalue weighted by molar-refractivity contribution is 0.245. The highest BCUT2D eigenvalue weighted by molar-refractivity contribution is 5.84. The van der Waals surface area contributed by atoms with E-state index in [-0.39, 0.29) is 6.10 Å². The molecule has 2 N–H and O–H groups in total. The minimum Gasteiger partial charge on any atom is -0.489 e. The molecule has 0 bridgehead atoms. The summed E-state index contributed by atoms with van der Waals surface area (Å²) in [7, 11) is 0. The maximum atomic E-state index is 6.02. The number of hydrogen-bond acceptors (Lipinski definition) is 6. The van der Waals surface area contributed by atoms with Crippen molar-refractivity contribution in [3.8, 4) is 5.75 Å². The molecule has 110 valence electrons. The summed E-state index contributed by atoms with van der Waals surface area (Å²) in [6, 6.07) is 5.81. The topological polar surface area (TPSA) is 92.0 Å². The number of aromatic nitrogens is 4. The van der Waals surface area contributed by atoms with Gasteiger partial charge in [0.2, 0.25) is 12.3 Å². The van der Waals surface area contributed by atoms with E-state index in [0.717, 1.165) is 16.8 Å². The molecule has 0 saturated heterocycles. The van der Waals surface area contributed by atoms with Crippen LogP contribution in [-0.4, -0.2) is 25.8 Å². The molecule has 0 atom stereocenters. The standard InChI is InChI=1S/C14H17N5O2/c1-9(2)21-11-5-3-4-10-13(11)17-14(15)19(10)7-6-12-16-8-20-18-12/h3-5,8-9H,6-7H2,1-2H3,(H2,15,17). The average Bonchev–Trinajstić information content (AvgIpc) is 3.04. The van der Waals surface area contributed by atoms with E-state index in [9.17, 15) is 0 Å². The van der Waals surface area contributed by atoms with Crippen LogP contribution >= 0.6 is 0 Å². The lowest BCUT2D eigenvalue weighted by atomic mass is 10.3. The lowest BCUT2D eigenvalue weighted by Crippen LogP contribution is -2.07. The van der Waals surface area contributed by atoms with Gasteiger partial charge in [0.25, 0.3) is 0 Å². The Hall–Kier alpha value is -2.57. The van der Waals surface area contributed by atoms with Gasteiger partial charge < -0.3 is 19.6 Å². The molecule has 0 spiro atoms. The summed E-state index contributed by atoms with van der Waals surface area (Å²) in [5.41, 5.74) is 7.74. The summed E-state index contributed by atoms with van der Waals surface area (Å²) in [5, 5.41) is 3.80. The maximum absolute atomic E-state index is 6.02. The Balaban J connectivity index is 1.93. The van der Waals surface area contributed by atoms with Crippen LogP contribution in [0, 0.1) is 0 Å². The second kappa shape index (κ2) is 5.43. The van der Waals surface area contributed by atoms with Gasteiger partial charge in [-0.15, -0.1) is 0 Å². The molecule has 0 radical (unpaired) electrons. The number of para-hydroxylation sites is 1. The van der Waals surface area contributed by atoms with Crippen LogP contribution in [0.15, 0.2) is 29.1 Å². The quantitative estimate of drug-likeness (QED) is 0.772. The van der Waals surface area contributed by atoms with Crippen molar-refractivity contribution in [2.24, 2.45) is 0 Å². The van der Waals surface area contributed by atoms with Crippen molar-refractivity contribution in [3.63, 3.8) is 0 Å². The van der Waals surface area contributed by atoms with Crippen LogP contribution in [0.25, 0.3) is 11.0 Å². The number of nitrogen functional groups attached to an aromatic ring is 1. The second-order valence-electron chi connectivity index (χ2n) is 5.01. The van der Waals surface area contributed by atoms with Crippen LogP contribution < -0.4 is 10.5 Å². The van der Waals surface area contributed by atoms with E-state index in [2.05, 4.69) is 15.1 Å². The third-order valence-electron chi connectivity index (χ3n) is 3.10. The highest BCUT2D eigenvalue weighted by Gasteiger charge is 2.13. The van der Waals surface area contributed by atoms with E-state index in [1.54, 1.807) is 0 Å². The van der Waals surface area contributed by atoms with Gasteiger partial charge in [-0.2, -0.15) is 4.98 Å². The molecule has 7 nitrogen and oxygen atoms in total. The molecule has 0 fully saturated rings. The molecule has 2 aromatic heterocycles. The monoisotopic (exact) mass is 287 g/mol. The number of fused-ring (bicyclic) bond motifs is 1. The predicted octanol–water partition coefficient (Wildman–Crippen LogP) is 2.03. The van der Waals surface area contributed by atoms with E-state index < -0.39 is 0 Å². The summed E-state index contributed by atoms with van der Waals surface area (Å²) in [4.78, 5) is 8.42.